The highest BCUT2D eigenvalue weighted by Gasteiger charge is 2.43. The molecule has 24 heavy (non-hydrogen) atoms. The van der Waals surface area contributed by atoms with Crippen molar-refractivity contribution in [3.63, 3.8) is 0 Å². The topological polar surface area (TPSA) is 41.6 Å². The number of methoxy groups -OCH3 is 1. The number of amides is 1. The number of benzene rings is 1. The number of nitrogens with zero attached hydrogens (tertiary/aromatic N) is 1. The molecule has 2 aliphatic heterocycles. The fraction of sp³-hybridized carbons (Fsp3) is 0.650. The van der Waals surface area contributed by atoms with Gasteiger partial charge < -0.3 is 15.0 Å². The largest absolute Gasteiger partial charge is 0.368 e. The standard InChI is InChI=1S/C20H30N2O2/c1-24-20(11-13-21-14-12-20)19(23)22-15-9-18(10-16-22)8-7-17-5-3-2-4-6-17/h2-6,18,21H,7-16H2,1H3. The van der Waals surface area contributed by atoms with Crippen LogP contribution >= 0.6 is 0 Å². The fourth-order valence-corrected chi connectivity index (χ4v) is 4.06. The van der Waals surface area contributed by atoms with Crippen LogP contribution in [0.4, 0.5) is 0 Å². The Bertz CT molecular complexity index is 518. The van der Waals surface area contributed by atoms with Gasteiger partial charge in [-0.2, -0.15) is 0 Å². The van der Waals surface area contributed by atoms with Crippen LogP contribution in [0.5, 0.6) is 0 Å². The van der Waals surface area contributed by atoms with Crippen molar-refractivity contribution in [2.75, 3.05) is 33.3 Å². The van der Waals surface area contributed by atoms with Crippen LogP contribution in [0.2, 0.25) is 0 Å². The fourth-order valence-electron chi connectivity index (χ4n) is 4.06. The Morgan fingerprint density at radius 3 is 2.50 bits per heavy atom. The number of nitrogens with one attached hydrogen (secondary N) is 1. The highest BCUT2D eigenvalue weighted by Crippen LogP contribution is 2.29. The van der Waals surface area contributed by atoms with E-state index in [2.05, 4.69) is 35.6 Å². The average molecular weight is 330 g/mol. The van der Waals surface area contributed by atoms with Gasteiger partial charge in [-0.3, -0.25) is 4.79 Å². The van der Waals surface area contributed by atoms with E-state index in [1.54, 1.807) is 7.11 Å². The van der Waals surface area contributed by atoms with E-state index < -0.39 is 5.60 Å². The summed E-state index contributed by atoms with van der Waals surface area (Å²) in [7, 11) is 1.69. The maximum atomic E-state index is 13.0. The van der Waals surface area contributed by atoms with Crippen LogP contribution in [0.3, 0.4) is 0 Å². The Kier molecular flexibility index (Phi) is 5.90. The smallest absolute Gasteiger partial charge is 0.254 e. The number of likely N-dealkylation sites (tertiary alicyclic amines) is 1. The SMILES string of the molecule is COC1(C(=O)N2CCC(CCc3ccccc3)CC2)CCNCC1. The number of rotatable bonds is 5. The Hall–Kier alpha value is -1.39. The van der Waals surface area contributed by atoms with Crippen molar-refractivity contribution in [3.8, 4) is 0 Å². The van der Waals surface area contributed by atoms with E-state index in [9.17, 15) is 4.79 Å². The second kappa shape index (κ2) is 8.13. The third-order valence-electron chi connectivity index (χ3n) is 5.78. The molecule has 0 radical (unpaired) electrons. The molecule has 0 aromatic heterocycles. The van der Waals surface area contributed by atoms with E-state index in [0.717, 1.165) is 64.2 Å². The Balaban J connectivity index is 1.48. The van der Waals surface area contributed by atoms with Crippen LogP contribution in [-0.4, -0.2) is 49.7 Å². The molecular formula is C20H30N2O2. The van der Waals surface area contributed by atoms with Gasteiger partial charge in [0.2, 0.25) is 0 Å². The summed E-state index contributed by atoms with van der Waals surface area (Å²) in [5.74, 6) is 0.953. The van der Waals surface area contributed by atoms with Crippen LogP contribution in [0, 0.1) is 5.92 Å². The molecule has 3 rings (SSSR count). The molecule has 132 valence electrons. The monoisotopic (exact) mass is 330 g/mol. The van der Waals surface area contributed by atoms with Crippen LogP contribution in [-0.2, 0) is 16.0 Å². The first-order valence-electron chi connectivity index (χ1n) is 9.33. The summed E-state index contributed by atoms with van der Waals surface area (Å²) < 4.78 is 5.69. The molecule has 0 atom stereocenters. The number of carbonyl (C=O) groups excluding carboxylic acids is 1. The van der Waals surface area contributed by atoms with E-state index in [0.29, 0.717) is 0 Å². The quantitative estimate of drug-likeness (QED) is 0.902. The van der Waals surface area contributed by atoms with Crippen molar-refractivity contribution in [2.24, 2.45) is 5.92 Å². The normalized spacial score (nSPS) is 21.6. The van der Waals surface area contributed by atoms with Gasteiger partial charge in [0.15, 0.2) is 0 Å². The van der Waals surface area contributed by atoms with Gasteiger partial charge in [-0.05, 0) is 63.1 Å². The van der Waals surface area contributed by atoms with Gasteiger partial charge in [-0.15, -0.1) is 0 Å². The Morgan fingerprint density at radius 1 is 1.21 bits per heavy atom. The zero-order valence-corrected chi connectivity index (χ0v) is 14.8. The molecule has 2 heterocycles. The molecule has 0 bridgehead atoms. The van der Waals surface area contributed by atoms with Gasteiger partial charge in [-0.25, -0.2) is 0 Å². The van der Waals surface area contributed by atoms with Gasteiger partial charge in [0, 0.05) is 20.2 Å². The van der Waals surface area contributed by atoms with E-state index in [4.69, 9.17) is 4.74 Å². The molecule has 2 saturated heterocycles. The molecule has 0 saturated carbocycles. The first kappa shape index (κ1) is 17.4. The minimum absolute atomic E-state index is 0.216. The summed E-state index contributed by atoms with van der Waals surface area (Å²) in [5, 5.41) is 3.32. The lowest BCUT2D eigenvalue weighted by Gasteiger charge is -2.41. The molecule has 1 amide bonds. The minimum atomic E-state index is -0.581. The van der Waals surface area contributed by atoms with Crippen molar-refractivity contribution in [3.05, 3.63) is 35.9 Å². The number of piperidine rings is 2. The molecule has 1 N–H and O–H groups in total. The molecule has 4 nitrogen and oxygen atoms in total. The van der Waals surface area contributed by atoms with Gasteiger partial charge in [0.05, 0.1) is 0 Å². The lowest BCUT2D eigenvalue weighted by molar-refractivity contribution is -0.159. The summed E-state index contributed by atoms with van der Waals surface area (Å²) >= 11 is 0. The first-order chi connectivity index (χ1) is 11.7. The van der Waals surface area contributed by atoms with Crippen LogP contribution in [0.15, 0.2) is 30.3 Å². The molecule has 2 aliphatic rings. The van der Waals surface area contributed by atoms with E-state index in [1.807, 2.05) is 4.90 Å². The molecule has 0 unspecified atom stereocenters. The zero-order valence-electron chi connectivity index (χ0n) is 14.8. The van der Waals surface area contributed by atoms with Crippen molar-refractivity contribution >= 4 is 5.91 Å². The lowest BCUT2D eigenvalue weighted by Crippen LogP contribution is -2.56. The molecule has 1 aromatic carbocycles. The first-order valence-corrected chi connectivity index (χ1v) is 9.33. The third-order valence-corrected chi connectivity index (χ3v) is 5.78. The zero-order chi connectivity index (χ0) is 16.8. The summed E-state index contributed by atoms with van der Waals surface area (Å²) in [6, 6.07) is 10.7. The summed E-state index contributed by atoms with van der Waals surface area (Å²) in [4.78, 5) is 15.0. The Morgan fingerprint density at radius 2 is 1.88 bits per heavy atom. The highest BCUT2D eigenvalue weighted by molar-refractivity contribution is 5.85. The average Bonchev–Trinajstić information content (AvgIpc) is 2.67. The van der Waals surface area contributed by atoms with Crippen LogP contribution in [0.25, 0.3) is 0 Å². The van der Waals surface area contributed by atoms with E-state index in [1.165, 1.54) is 12.0 Å². The van der Waals surface area contributed by atoms with Gasteiger partial charge in [0.1, 0.15) is 5.60 Å². The van der Waals surface area contributed by atoms with Crippen molar-refractivity contribution in [2.45, 2.75) is 44.1 Å². The minimum Gasteiger partial charge on any atom is -0.368 e. The van der Waals surface area contributed by atoms with E-state index >= 15 is 0 Å². The number of hydrogen-bond acceptors (Lipinski definition) is 3. The lowest BCUT2D eigenvalue weighted by atomic mass is 9.87. The predicted octanol–water partition coefficient (Wildman–Crippen LogP) is 2.63. The summed E-state index contributed by atoms with van der Waals surface area (Å²) in [5.41, 5.74) is 0.839. The molecule has 1 aromatic rings. The number of hydrogen-bond donors (Lipinski definition) is 1. The molecule has 0 aliphatic carbocycles. The van der Waals surface area contributed by atoms with Crippen molar-refractivity contribution < 1.29 is 9.53 Å². The van der Waals surface area contributed by atoms with Gasteiger partial charge in [0.25, 0.3) is 5.91 Å². The maximum Gasteiger partial charge on any atom is 0.254 e. The summed E-state index contributed by atoms with van der Waals surface area (Å²) in [6.45, 7) is 3.51. The van der Waals surface area contributed by atoms with Crippen LogP contribution in [0.1, 0.15) is 37.7 Å². The maximum absolute atomic E-state index is 13.0. The second-order valence-electron chi connectivity index (χ2n) is 7.21. The number of carbonyl (C=O) groups is 1. The predicted molar refractivity (Wildman–Crippen MR) is 95.9 cm³/mol. The third kappa shape index (κ3) is 3.98. The molecule has 4 heteroatoms. The van der Waals surface area contributed by atoms with Crippen molar-refractivity contribution in [1.82, 2.24) is 10.2 Å². The highest BCUT2D eigenvalue weighted by atomic mass is 16.5. The molecule has 2 fully saturated rings. The van der Waals surface area contributed by atoms with Gasteiger partial charge in [-0.1, -0.05) is 30.3 Å². The number of ether oxygens (including phenoxy) is 1. The molecular weight excluding hydrogens is 300 g/mol. The second-order valence-corrected chi connectivity index (χ2v) is 7.21. The Labute approximate surface area is 145 Å². The summed E-state index contributed by atoms with van der Waals surface area (Å²) in [6.07, 6.45) is 6.19. The number of aryl methyl sites for hydroxylation is 1. The van der Waals surface area contributed by atoms with Gasteiger partial charge >= 0.3 is 0 Å². The van der Waals surface area contributed by atoms with Crippen LogP contribution < -0.4 is 5.32 Å². The molecule has 0 spiro atoms. The van der Waals surface area contributed by atoms with Crippen molar-refractivity contribution in [1.29, 1.82) is 0 Å². The van der Waals surface area contributed by atoms with E-state index in [-0.39, 0.29) is 5.91 Å².